The monoisotopic (exact) mass is 250 g/mol. The molecule has 2 rings (SSSR count). The first-order valence-electron chi connectivity index (χ1n) is 5.47. The number of aromatic nitrogens is 1. The first kappa shape index (κ1) is 12.4. The Balaban J connectivity index is 1.90. The molecule has 6 nitrogen and oxygen atoms in total. The molecule has 2 aromatic heterocycles. The molecule has 96 valence electrons. The van der Waals surface area contributed by atoms with Gasteiger partial charge in [-0.05, 0) is 13.0 Å². The summed E-state index contributed by atoms with van der Waals surface area (Å²) in [6, 6.07) is 1.72. The molecule has 1 N–H and O–H groups in total. The third-order valence-corrected chi connectivity index (χ3v) is 2.38. The molecule has 2 aromatic rings. The van der Waals surface area contributed by atoms with Crippen LogP contribution in [0.3, 0.4) is 0 Å². The van der Waals surface area contributed by atoms with E-state index >= 15 is 0 Å². The van der Waals surface area contributed by atoms with Crippen molar-refractivity contribution >= 4 is 5.97 Å². The molecule has 6 heteroatoms. The molecule has 0 aliphatic heterocycles. The molecular weight excluding hydrogens is 236 g/mol. The average molecular weight is 250 g/mol. The van der Waals surface area contributed by atoms with Crippen LogP contribution in [0.2, 0.25) is 0 Å². The third kappa shape index (κ3) is 2.78. The normalized spacial score (nSPS) is 10.6. The van der Waals surface area contributed by atoms with E-state index < -0.39 is 5.97 Å². The number of hydrogen-bond acceptors (Lipinski definition) is 6. The van der Waals surface area contributed by atoms with E-state index in [2.05, 4.69) is 15.0 Å². The maximum Gasteiger partial charge on any atom is 0.374 e. The van der Waals surface area contributed by atoms with Gasteiger partial charge >= 0.3 is 5.97 Å². The summed E-state index contributed by atoms with van der Waals surface area (Å²) >= 11 is 0. The standard InChI is InChI=1S/C12H14N2O4/c1-8-5-14-10(18-8)7-13-6-9-3-4-17-11(9)12(15)16-2/h3-5,13H,6-7H2,1-2H3. The number of aryl methyl sites for hydroxylation is 1. The van der Waals surface area contributed by atoms with Crippen LogP contribution in [0.4, 0.5) is 0 Å². The second-order valence-electron chi connectivity index (χ2n) is 3.73. The zero-order valence-electron chi connectivity index (χ0n) is 10.2. The van der Waals surface area contributed by atoms with Crippen molar-refractivity contribution in [2.75, 3.05) is 7.11 Å². The van der Waals surface area contributed by atoms with Gasteiger partial charge in [0.05, 0.1) is 26.1 Å². The van der Waals surface area contributed by atoms with E-state index in [0.29, 0.717) is 19.0 Å². The molecule has 0 amide bonds. The van der Waals surface area contributed by atoms with Gasteiger partial charge in [0.1, 0.15) is 5.76 Å². The number of ether oxygens (including phenoxy) is 1. The van der Waals surface area contributed by atoms with E-state index in [9.17, 15) is 4.79 Å². The Hall–Kier alpha value is -2.08. The molecule has 0 radical (unpaired) electrons. The average Bonchev–Trinajstić information content (AvgIpc) is 2.98. The number of hydrogen-bond donors (Lipinski definition) is 1. The molecule has 2 heterocycles. The Morgan fingerprint density at radius 2 is 2.33 bits per heavy atom. The van der Waals surface area contributed by atoms with E-state index in [4.69, 9.17) is 8.83 Å². The van der Waals surface area contributed by atoms with Crippen molar-refractivity contribution in [2.45, 2.75) is 20.0 Å². The lowest BCUT2D eigenvalue weighted by molar-refractivity contribution is 0.0563. The predicted octanol–water partition coefficient (Wildman–Crippen LogP) is 1.65. The van der Waals surface area contributed by atoms with E-state index in [-0.39, 0.29) is 5.76 Å². The molecule has 18 heavy (non-hydrogen) atoms. The minimum Gasteiger partial charge on any atom is -0.463 e. The van der Waals surface area contributed by atoms with E-state index in [1.807, 2.05) is 6.92 Å². The van der Waals surface area contributed by atoms with E-state index in [1.165, 1.54) is 13.4 Å². The van der Waals surface area contributed by atoms with Gasteiger partial charge in [-0.15, -0.1) is 0 Å². The number of carbonyl (C=O) groups excluding carboxylic acids is 1. The summed E-state index contributed by atoms with van der Waals surface area (Å²) < 4.78 is 15.0. The van der Waals surface area contributed by atoms with Crippen molar-refractivity contribution in [2.24, 2.45) is 0 Å². The van der Waals surface area contributed by atoms with Crippen LogP contribution in [-0.2, 0) is 17.8 Å². The molecule has 0 unspecified atom stereocenters. The molecular formula is C12H14N2O4. The zero-order valence-corrected chi connectivity index (χ0v) is 10.2. The maximum absolute atomic E-state index is 11.4. The number of nitrogens with one attached hydrogen (secondary N) is 1. The van der Waals surface area contributed by atoms with Gasteiger partial charge in [-0.2, -0.15) is 0 Å². The van der Waals surface area contributed by atoms with E-state index in [0.717, 1.165) is 11.3 Å². The van der Waals surface area contributed by atoms with Crippen LogP contribution in [0, 0.1) is 6.92 Å². The molecule has 0 saturated carbocycles. The Morgan fingerprint density at radius 3 is 3.00 bits per heavy atom. The molecule has 0 aliphatic carbocycles. The predicted molar refractivity (Wildman–Crippen MR) is 61.8 cm³/mol. The SMILES string of the molecule is COC(=O)c1occc1CNCc1ncc(C)o1. The topological polar surface area (TPSA) is 77.5 Å². The molecule has 0 aromatic carbocycles. The van der Waals surface area contributed by atoms with Crippen molar-refractivity contribution < 1.29 is 18.4 Å². The Labute approximate surface area is 104 Å². The second kappa shape index (κ2) is 5.50. The lowest BCUT2D eigenvalue weighted by Crippen LogP contribution is -2.15. The summed E-state index contributed by atoms with van der Waals surface area (Å²) in [5.74, 6) is 1.11. The molecule has 0 fully saturated rings. The number of methoxy groups -OCH3 is 1. The largest absolute Gasteiger partial charge is 0.463 e. The minimum atomic E-state index is -0.483. The highest BCUT2D eigenvalue weighted by Gasteiger charge is 2.15. The van der Waals surface area contributed by atoms with Crippen molar-refractivity contribution in [3.63, 3.8) is 0 Å². The number of oxazole rings is 1. The summed E-state index contributed by atoms with van der Waals surface area (Å²) in [5.41, 5.74) is 0.741. The van der Waals surface area contributed by atoms with E-state index in [1.54, 1.807) is 12.3 Å². The Bertz CT molecular complexity index is 530. The van der Waals surface area contributed by atoms with Crippen LogP contribution < -0.4 is 5.32 Å². The number of rotatable bonds is 5. The highest BCUT2D eigenvalue weighted by atomic mass is 16.5. The molecule has 0 saturated heterocycles. The van der Waals surface area contributed by atoms with Crippen molar-refractivity contribution in [3.8, 4) is 0 Å². The molecule has 0 aliphatic rings. The van der Waals surface area contributed by atoms with Gasteiger partial charge in [0.25, 0.3) is 0 Å². The molecule has 0 spiro atoms. The fourth-order valence-corrected chi connectivity index (χ4v) is 1.53. The fourth-order valence-electron chi connectivity index (χ4n) is 1.53. The van der Waals surface area contributed by atoms with Gasteiger partial charge < -0.3 is 18.9 Å². The third-order valence-electron chi connectivity index (χ3n) is 2.38. The second-order valence-corrected chi connectivity index (χ2v) is 3.73. The van der Waals surface area contributed by atoms with Crippen molar-refractivity contribution in [3.05, 3.63) is 41.5 Å². The van der Waals surface area contributed by atoms with Crippen LogP contribution in [0.1, 0.15) is 27.8 Å². The smallest absolute Gasteiger partial charge is 0.374 e. The summed E-state index contributed by atoms with van der Waals surface area (Å²) in [7, 11) is 1.32. The highest BCUT2D eigenvalue weighted by molar-refractivity contribution is 5.87. The van der Waals surface area contributed by atoms with Gasteiger partial charge in [0.15, 0.2) is 0 Å². The molecule has 0 atom stereocenters. The summed E-state index contributed by atoms with van der Waals surface area (Å²) in [5, 5.41) is 3.11. The van der Waals surface area contributed by atoms with Gasteiger partial charge in [0, 0.05) is 12.1 Å². The van der Waals surface area contributed by atoms with Gasteiger partial charge in [-0.1, -0.05) is 0 Å². The maximum atomic E-state index is 11.4. The summed E-state index contributed by atoms with van der Waals surface area (Å²) in [4.78, 5) is 15.4. The van der Waals surface area contributed by atoms with Gasteiger partial charge in [0.2, 0.25) is 11.7 Å². The van der Waals surface area contributed by atoms with Crippen molar-refractivity contribution in [1.82, 2.24) is 10.3 Å². The quantitative estimate of drug-likeness (QED) is 0.813. The molecule has 0 bridgehead atoms. The van der Waals surface area contributed by atoms with Crippen LogP contribution in [0.15, 0.2) is 27.4 Å². The lowest BCUT2D eigenvalue weighted by atomic mass is 10.2. The van der Waals surface area contributed by atoms with Crippen LogP contribution in [0.25, 0.3) is 0 Å². The first-order chi connectivity index (χ1) is 8.70. The number of carbonyl (C=O) groups is 1. The lowest BCUT2D eigenvalue weighted by Gasteiger charge is -2.02. The first-order valence-corrected chi connectivity index (χ1v) is 5.47. The Morgan fingerprint density at radius 1 is 1.50 bits per heavy atom. The van der Waals surface area contributed by atoms with Crippen LogP contribution in [0.5, 0.6) is 0 Å². The summed E-state index contributed by atoms with van der Waals surface area (Å²) in [6.45, 7) is 2.80. The minimum absolute atomic E-state index is 0.216. The van der Waals surface area contributed by atoms with Crippen LogP contribution in [-0.4, -0.2) is 18.1 Å². The number of nitrogens with zero attached hydrogens (tertiary/aromatic N) is 1. The zero-order chi connectivity index (χ0) is 13.0. The van der Waals surface area contributed by atoms with Gasteiger partial charge in [-0.3, -0.25) is 0 Å². The fraction of sp³-hybridized carbons (Fsp3) is 0.333. The number of esters is 1. The number of furan rings is 1. The van der Waals surface area contributed by atoms with Crippen molar-refractivity contribution in [1.29, 1.82) is 0 Å². The Kier molecular flexibility index (Phi) is 3.78. The summed E-state index contributed by atoms with van der Waals surface area (Å²) in [6.07, 6.45) is 3.12. The van der Waals surface area contributed by atoms with Gasteiger partial charge in [-0.25, -0.2) is 9.78 Å². The van der Waals surface area contributed by atoms with Crippen LogP contribution >= 0.6 is 0 Å². The highest BCUT2D eigenvalue weighted by Crippen LogP contribution is 2.11.